The van der Waals surface area contributed by atoms with Crippen LogP contribution in [-0.4, -0.2) is 36.4 Å². The molecule has 82 heavy (non-hydrogen) atoms. The van der Waals surface area contributed by atoms with Crippen LogP contribution in [0.5, 0.6) is 0 Å². The zero-order valence-electron chi connectivity index (χ0n) is 52.7. The van der Waals surface area contributed by atoms with Gasteiger partial charge in [0, 0.05) is 12.8 Å². The second-order valence-corrected chi connectivity index (χ2v) is 21.4. The molecule has 0 radical (unpaired) electrons. The van der Waals surface area contributed by atoms with Crippen molar-refractivity contribution < 1.29 is 24.2 Å². The summed E-state index contributed by atoms with van der Waals surface area (Å²) in [5.41, 5.74) is 0. The summed E-state index contributed by atoms with van der Waals surface area (Å²) < 4.78 is 10.7. The smallest absolute Gasteiger partial charge is 0.306 e. The van der Waals surface area contributed by atoms with E-state index in [1.54, 1.807) is 0 Å². The highest BCUT2D eigenvalue weighted by atomic mass is 16.6. The van der Waals surface area contributed by atoms with Crippen molar-refractivity contribution in [2.24, 2.45) is 0 Å². The summed E-state index contributed by atoms with van der Waals surface area (Å²) in [5.74, 6) is -0.626. The van der Waals surface area contributed by atoms with Gasteiger partial charge in [0.25, 0.3) is 0 Å². The van der Waals surface area contributed by atoms with Crippen molar-refractivity contribution in [3.05, 3.63) is 182 Å². The predicted molar refractivity (Wildman–Crippen MR) is 361 cm³/mol. The number of esters is 2. The van der Waals surface area contributed by atoms with Gasteiger partial charge in [-0.05, 0) is 135 Å². The first-order valence-electron chi connectivity index (χ1n) is 33.3. The molecular weight excluding hydrogens is 1000 g/mol. The Morgan fingerprint density at radius 1 is 0.280 bits per heavy atom. The number of carbonyl (C=O) groups is 2. The Labute approximate surface area is 505 Å². The molecule has 5 heteroatoms. The number of hydrogen-bond acceptors (Lipinski definition) is 5. The van der Waals surface area contributed by atoms with E-state index < -0.39 is 6.10 Å². The Hall–Kier alpha value is -5.00. The van der Waals surface area contributed by atoms with Gasteiger partial charge in [-0.1, -0.05) is 305 Å². The summed E-state index contributed by atoms with van der Waals surface area (Å²) >= 11 is 0. The first kappa shape index (κ1) is 77.0. The van der Waals surface area contributed by atoms with Gasteiger partial charge >= 0.3 is 11.9 Å². The van der Waals surface area contributed by atoms with Crippen LogP contribution in [-0.2, 0) is 19.1 Å². The zero-order chi connectivity index (χ0) is 59.1. The summed E-state index contributed by atoms with van der Waals surface area (Å²) in [5, 5.41) is 9.69. The maximum atomic E-state index is 12.3. The minimum Gasteiger partial charge on any atom is -0.462 e. The van der Waals surface area contributed by atoms with E-state index in [9.17, 15) is 14.7 Å². The molecule has 0 aromatic heterocycles. The minimum absolute atomic E-state index is 0.0861. The Balaban J connectivity index is 3.59. The number of aliphatic hydroxyl groups is 1. The van der Waals surface area contributed by atoms with E-state index in [2.05, 4.69) is 196 Å². The van der Waals surface area contributed by atoms with E-state index in [0.717, 1.165) is 148 Å². The molecule has 0 aliphatic rings. The van der Waals surface area contributed by atoms with Gasteiger partial charge in [0.15, 0.2) is 6.10 Å². The van der Waals surface area contributed by atoms with Crippen LogP contribution in [0.15, 0.2) is 182 Å². The number of unbranched alkanes of at least 4 members (excludes halogenated alkanes) is 21. The molecule has 0 aliphatic carbocycles. The summed E-state index contributed by atoms with van der Waals surface area (Å²) in [6, 6.07) is 0. The number of rotatable bonds is 59. The molecule has 0 heterocycles. The average Bonchev–Trinajstić information content (AvgIpc) is 3.49. The molecule has 1 unspecified atom stereocenters. The van der Waals surface area contributed by atoms with Gasteiger partial charge in [-0.15, -0.1) is 0 Å². The van der Waals surface area contributed by atoms with Crippen LogP contribution in [0.3, 0.4) is 0 Å². The SMILES string of the molecule is CC/C=C\C/C=C\C/C=C\C/C=C\C/C=C\C/C=C\C/C=C\C/C=C\C/C=C\C/C=C\CCCCCCC(=O)OC(CO)COC(=O)CCCCCCCCCCCCCCCCCCC/C=C\C/C=C\C/C=C\C/C=C\C/C=C\CC. The van der Waals surface area contributed by atoms with Crippen molar-refractivity contribution in [3.8, 4) is 0 Å². The molecule has 0 rings (SSSR count). The van der Waals surface area contributed by atoms with E-state index in [0.29, 0.717) is 12.8 Å². The van der Waals surface area contributed by atoms with Gasteiger partial charge in [-0.25, -0.2) is 0 Å². The van der Waals surface area contributed by atoms with Crippen molar-refractivity contribution >= 4 is 11.9 Å². The van der Waals surface area contributed by atoms with Crippen LogP contribution in [0.4, 0.5) is 0 Å². The largest absolute Gasteiger partial charge is 0.462 e. The van der Waals surface area contributed by atoms with Crippen molar-refractivity contribution in [2.75, 3.05) is 13.2 Å². The van der Waals surface area contributed by atoms with Crippen LogP contribution in [0, 0.1) is 0 Å². The molecule has 1 atom stereocenters. The van der Waals surface area contributed by atoms with Gasteiger partial charge in [-0.3, -0.25) is 9.59 Å². The summed E-state index contributed by atoms with van der Waals surface area (Å²) in [4.78, 5) is 24.6. The van der Waals surface area contributed by atoms with E-state index in [1.807, 2.05) is 0 Å². The Bertz CT molecular complexity index is 1850. The van der Waals surface area contributed by atoms with Gasteiger partial charge in [0.1, 0.15) is 6.61 Å². The molecule has 0 bridgehead atoms. The lowest BCUT2D eigenvalue weighted by Crippen LogP contribution is -2.28. The fraction of sp³-hybridized carbons (Fsp3) is 0.584. The second-order valence-electron chi connectivity index (χ2n) is 21.4. The molecule has 0 aromatic rings. The van der Waals surface area contributed by atoms with E-state index in [1.165, 1.54) is 96.3 Å². The molecule has 460 valence electrons. The fourth-order valence-corrected chi connectivity index (χ4v) is 8.79. The molecule has 1 N–H and O–H groups in total. The Morgan fingerprint density at radius 3 is 0.732 bits per heavy atom. The monoisotopic (exact) mass is 1130 g/mol. The quantitative estimate of drug-likeness (QED) is 0.0373. The highest BCUT2D eigenvalue weighted by molar-refractivity contribution is 5.70. The van der Waals surface area contributed by atoms with E-state index in [4.69, 9.17) is 9.47 Å². The molecule has 0 amide bonds. The van der Waals surface area contributed by atoms with Crippen LogP contribution in [0.1, 0.15) is 271 Å². The maximum absolute atomic E-state index is 12.3. The van der Waals surface area contributed by atoms with E-state index >= 15 is 0 Å². The topological polar surface area (TPSA) is 72.8 Å². The van der Waals surface area contributed by atoms with E-state index in [-0.39, 0.29) is 25.2 Å². The predicted octanol–water partition coefficient (Wildman–Crippen LogP) is 23.4. The highest BCUT2D eigenvalue weighted by Gasteiger charge is 2.16. The summed E-state index contributed by atoms with van der Waals surface area (Å²) in [6.07, 6.45) is 110. The molecule has 0 aliphatic heterocycles. The number of hydrogen-bond donors (Lipinski definition) is 1. The normalized spacial score (nSPS) is 13.5. The van der Waals surface area contributed by atoms with Gasteiger partial charge in [0.05, 0.1) is 6.61 Å². The fourth-order valence-electron chi connectivity index (χ4n) is 8.79. The van der Waals surface area contributed by atoms with Crippen LogP contribution in [0.2, 0.25) is 0 Å². The van der Waals surface area contributed by atoms with Crippen molar-refractivity contribution in [1.29, 1.82) is 0 Å². The number of ether oxygens (including phenoxy) is 2. The van der Waals surface area contributed by atoms with Crippen molar-refractivity contribution in [1.82, 2.24) is 0 Å². The number of aliphatic hydroxyl groups excluding tert-OH is 1. The van der Waals surface area contributed by atoms with Crippen LogP contribution >= 0.6 is 0 Å². The second kappa shape index (κ2) is 70.3. The molecule has 0 aromatic carbocycles. The Kier molecular flexibility index (Phi) is 66.0. The molecule has 5 nitrogen and oxygen atoms in total. The van der Waals surface area contributed by atoms with Crippen LogP contribution < -0.4 is 0 Å². The Morgan fingerprint density at radius 2 is 0.488 bits per heavy atom. The third-order valence-electron chi connectivity index (χ3n) is 13.7. The number of allylic oxidation sites excluding steroid dienone is 30. The minimum atomic E-state index is -0.800. The maximum Gasteiger partial charge on any atom is 0.306 e. The lowest BCUT2D eigenvalue weighted by atomic mass is 10.0. The lowest BCUT2D eigenvalue weighted by molar-refractivity contribution is -0.161. The standard InChI is InChI=1S/C77H122O5/c1-3-5-7-9-11-13-15-17-19-21-23-25-27-29-31-33-35-37-38-40-42-44-46-48-50-52-54-56-58-60-62-64-66-68-70-72-77(80)82-75(73-78)74-81-76(79)71-69-67-65-63-61-59-57-55-53-51-49-47-45-43-41-39-36-34-32-30-28-26-24-22-20-18-16-14-12-10-8-6-4-2/h5-8,11-14,17-20,23-26,29-32,35,37,40,42,46,48,52,54,58,60,75,78H,3-4,9-10,15-16,21-22,27-28,33-34,36,38-39,41,43-45,47,49-51,53,55-57,59,61-74H2,1-2H3/b7-5-,8-6-,13-11-,14-12-,19-17-,20-18-,25-23-,26-24-,31-29-,32-30-,37-35-,42-40-,48-46-,54-52-,60-58-. The molecule has 0 saturated heterocycles. The molecule has 0 fully saturated rings. The van der Waals surface area contributed by atoms with Crippen molar-refractivity contribution in [2.45, 2.75) is 277 Å². The third kappa shape index (κ3) is 67.5. The first-order chi connectivity index (χ1) is 40.6. The highest BCUT2D eigenvalue weighted by Crippen LogP contribution is 2.16. The molecule has 0 spiro atoms. The van der Waals surface area contributed by atoms with Crippen LogP contribution in [0.25, 0.3) is 0 Å². The third-order valence-corrected chi connectivity index (χ3v) is 13.7. The first-order valence-corrected chi connectivity index (χ1v) is 33.3. The van der Waals surface area contributed by atoms with Gasteiger partial charge < -0.3 is 14.6 Å². The zero-order valence-corrected chi connectivity index (χ0v) is 52.7. The van der Waals surface area contributed by atoms with Crippen molar-refractivity contribution in [3.63, 3.8) is 0 Å². The summed E-state index contributed by atoms with van der Waals surface area (Å²) in [6.45, 7) is 3.89. The molecule has 0 saturated carbocycles. The summed E-state index contributed by atoms with van der Waals surface area (Å²) in [7, 11) is 0. The lowest BCUT2D eigenvalue weighted by Gasteiger charge is -2.15. The molecular formula is C77H122O5. The van der Waals surface area contributed by atoms with Gasteiger partial charge in [0.2, 0.25) is 0 Å². The average molecular weight is 1130 g/mol. The number of carbonyl (C=O) groups excluding carboxylic acids is 2. The van der Waals surface area contributed by atoms with Gasteiger partial charge in [-0.2, -0.15) is 0 Å².